The molecule has 0 saturated heterocycles. The lowest BCUT2D eigenvalue weighted by molar-refractivity contribution is -0.402. The van der Waals surface area contributed by atoms with Gasteiger partial charge in [0.05, 0.1) is 16.3 Å². The molecule has 4 nitrogen and oxygen atoms in total. The van der Waals surface area contributed by atoms with Crippen LogP contribution in [0.5, 0.6) is 0 Å². The molecular formula is C12H15O4S-. The number of hydrogen-bond donors (Lipinski definition) is 1. The summed E-state index contributed by atoms with van der Waals surface area (Å²) in [5, 5.41) is 19.8. The first kappa shape index (κ1) is 12.5. The van der Waals surface area contributed by atoms with Crippen molar-refractivity contribution >= 4 is 9.84 Å². The molecule has 0 saturated carbocycles. The Morgan fingerprint density at radius 3 is 2.53 bits per heavy atom. The molecule has 0 heterocycles. The van der Waals surface area contributed by atoms with Crippen LogP contribution in [0.25, 0.3) is 0 Å². The van der Waals surface area contributed by atoms with Gasteiger partial charge in [-0.15, -0.1) is 6.10 Å². The Bertz CT molecular complexity index is 473. The lowest BCUT2D eigenvalue weighted by atomic mass is 10.1. The first-order valence-corrected chi connectivity index (χ1v) is 7.19. The van der Waals surface area contributed by atoms with E-state index in [1.807, 2.05) is 0 Å². The van der Waals surface area contributed by atoms with E-state index >= 15 is 0 Å². The third-order valence-electron chi connectivity index (χ3n) is 3.05. The highest BCUT2D eigenvalue weighted by atomic mass is 32.2. The van der Waals surface area contributed by atoms with Gasteiger partial charge in [0.15, 0.2) is 9.84 Å². The van der Waals surface area contributed by atoms with Crippen molar-refractivity contribution in [2.75, 3.05) is 0 Å². The van der Waals surface area contributed by atoms with Crippen molar-refractivity contribution in [2.45, 2.75) is 36.7 Å². The minimum absolute atomic E-state index is 0.226. The minimum Gasteiger partial charge on any atom is -0.849 e. The zero-order valence-electron chi connectivity index (χ0n) is 9.32. The molecular weight excluding hydrogens is 240 g/mol. The fourth-order valence-electron chi connectivity index (χ4n) is 2.01. The molecule has 0 aromatic carbocycles. The Balaban J connectivity index is 2.20. The Labute approximate surface area is 101 Å². The van der Waals surface area contributed by atoms with E-state index < -0.39 is 27.3 Å². The predicted molar refractivity (Wildman–Crippen MR) is 62.7 cm³/mol. The molecule has 3 unspecified atom stereocenters. The minimum atomic E-state index is -3.39. The summed E-state index contributed by atoms with van der Waals surface area (Å²) in [6.07, 6.45) is 7.07. The van der Waals surface area contributed by atoms with E-state index in [0.717, 1.165) is 0 Å². The predicted octanol–water partition coefficient (Wildman–Crippen LogP) is 0.0534. The van der Waals surface area contributed by atoms with Crippen LogP contribution in [0.15, 0.2) is 35.3 Å². The highest BCUT2D eigenvalue weighted by Crippen LogP contribution is 2.26. The number of allylic oxidation sites excluding steroid dienone is 1. The van der Waals surface area contributed by atoms with E-state index in [1.165, 1.54) is 24.3 Å². The normalized spacial score (nSPS) is 33.5. The number of aliphatic hydroxyl groups excluding tert-OH is 1. The summed E-state index contributed by atoms with van der Waals surface area (Å²) < 4.78 is 24.4. The summed E-state index contributed by atoms with van der Waals surface area (Å²) in [6.45, 7) is 0. The monoisotopic (exact) mass is 255 g/mol. The van der Waals surface area contributed by atoms with Gasteiger partial charge in [-0.1, -0.05) is 24.3 Å². The second kappa shape index (κ2) is 4.76. The van der Waals surface area contributed by atoms with Crippen LogP contribution in [0.2, 0.25) is 0 Å². The van der Waals surface area contributed by atoms with E-state index in [-0.39, 0.29) is 11.3 Å². The third kappa shape index (κ3) is 2.68. The van der Waals surface area contributed by atoms with Crippen molar-refractivity contribution in [3.63, 3.8) is 0 Å². The van der Waals surface area contributed by atoms with Gasteiger partial charge in [0.1, 0.15) is 0 Å². The van der Waals surface area contributed by atoms with Crippen LogP contribution in [-0.4, -0.2) is 31.0 Å². The molecule has 0 spiro atoms. The SMILES string of the molecule is O=S(=O)(C1=CCC([O-])C=C1)C1C=CC(O)CC1. The largest absolute Gasteiger partial charge is 0.849 e. The van der Waals surface area contributed by atoms with Crippen LogP contribution in [0.1, 0.15) is 19.3 Å². The summed E-state index contributed by atoms with van der Waals surface area (Å²) in [7, 11) is -3.39. The third-order valence-corrected chi connectivity index (χ3v) is 5.20. The Hall–Kier alpha value is -0.910. The molecule has 0 aliphatic heterocycles. The van der Waals surface area contributed by atoms with Crippen molar-refractivity contribution in [1.29, 1.82) is 0 Å². The van der Waals surface area contributed by atoms with Crippen LogP contribution in [-0.2, 0) is 9.84 Å². The average molecular weight is 255 g/mol. The fourth-order valence-corrected chi connectivity index (χ4v) is 3.70. The molecule has 0 radical (unpaired) electrons. The summed E-state index contributed by atoms with van der Waals surface area (Å²) in [6, 6.07) is 0. The van der Waals surface area contributed by atoms with Gasteiger partial charge in [-0.05, 0) is 25.3 Å². The van der Waals surface area contributed by atoms with Crippen LogP contribution < -0.4 is 5.11 Å². The Morgan fingerprint density at radius 2 is 2.00 bits per heavy atom. The quantitative estimate of drug-likeness (QED) is 0.707. The molecule has 94 valence electrons. The van der Waals surface area contributed by atoms with E-state index in [2.05, 4.69) is 0 Å². The number of hydrogen-bond acceptors (Lipinski definition) is 4. The van der Waals surface area contributed by atoms with Gasteiger partial charge < -0.3 is 10.2 Å². The highest BCUT2D eigenvalue weighted by Gasteiger charge is 2.29. The lowest BCUT2D eigenvalue weighted by Crippen LogP contribution is -2.28. The molecule has 0 aromatic rings. The van der Waals surface area contributed by atoms with Crippen molar-refractivity contribution < 1.29 is 18.6 Å². The van der Waals surface area contributed by atoms with E-state index in [1.54, 1.807) is 6.08 Å². The van der Waals surface area contributed by atoms with Gasteiger partial charge in [-0.25, -0.2) is 8.42 Å². The van der Waals surface area contributed by atoms with Crippen LogP contribution in [0.4, 0.5) is 0 Å². The molecule has 0 aromatic heterocycles. The average Bonchev–Trinajstić information content (AvgIpc) is 2.30. The number of rotatable bonds is 2. The summed E-state index contributed by atoms with van der Waals surface area (Å²) in [5.74, 6) is 0. The zero-order valence-corrected chi connectivity index (χ0v) is 10.1. The summed E-state index contributed by atoms with van der Waals surface area (Å²) in [5.41, 5.74) is 0. The van der Waals surface area contributed by atoms with Crippen molar-refractivity contribution in [3.8, 4) is 0 Å². The van der Waals surface area contributed by atoms with Crippen molar-refractivity contribution in [3.05, 3.63) is 35.3 Å². The first-order chi connectivity index (χ1) is 8.00. The van der Waals surface area contributed by atoms with Gasteiger partial charge in [-0.2, -0.15) is 0 Å². The number of aliphatic hydroxyl groups is 1. The molecule has 2 aliphatic rings. The number of sulfone groups is 1. The van der Waals surface area contributed by atoms with Crippen LogP contribution in [0, 0.1) is 0 Å². The lowest BCUT2D eigenvalue weighted by Gasteiger charge is -2.24. The molecule has 2 rings (SSSR count). The fraction of sp³-hybridized carbons (Fsp3) is 0.500. The van der Waals surface area contributed by atoms with Crippen molar-refractivity contribution in [1.82, 2.24) is 0 Å². The summed E-state index contributed by atoms with van der Waals surface area (Å²) in [4.78, 5) is 0.232. The van der Waals surface area contributed by atoms with Crippen LogP contribution >= 0.6 is 0 Å². The maximum atomic E-state index is 12.2. The second-order valence-corrected chi connectivity index (χ2v) is 6.52. The smallest absolute Gasteiger partial charge is 0.184 e. The maximum absolute atomic E-state index is 12.2. The molecule has 3 atom stereocenters. The maximum Gasteiger partial charge on any atom is 0.184 e. The second-order valence-electron chi connectivity index (χ2n) is 4.35. The standard InChI is InChI=1S/C12H15O4S/c13-9-1-5-11(6-2-9)17(15,16)12-7-3-10(14)4-8-12/h1,3,5-7,9-10,12,14H,2,4,8H2/q-1. The van der Waals surface area contributed by atoms with Crippen molar-refractivity contribution in [2.24, 2.45) is 0 Å². The molecule has 0 fully saturated rings. The zero-order chi connectivity index (χ0) is 12.5. The van der Waals surface area contributed by atoms with E-state index in [4.69, 9.17) is 0 Å². The van der Waals surface area contributed by atoms with Gasteiger partial charge >= 0.3 is 0 Å². The van der Waals surface area contributed by atoms with Crippen LogP contribution in [0.3, 0.4) is 0 Å². The molecule has 5 heteroatoms. The van der Waals surface area contributed by atoms with Gasteiger partial charge in [0.25, 0.3) is 0 Å². The first-order valence-electron chi connectivity index (χ1n) is 5.64. The van der Waals surface area contributed by atoms with Gasteiger partial charge in [-0.3, -0.25) is 0 Å². The molecule has 2 aliphatic carbocycles. The molecule has 0 bridgehead atoms. The van der Waals surface area contributed by atoms with E-state index in [9.17, 15) is 18.6 Å². The molecule has 0 amide bonds. The topological polar surface area (TPSA) is 77.4 Å². The molecule has 1 N–H and O–H groups in total. The Kier molecular flexibility index (Phi) is 3.51. The highest BCUT2D eigenvalue weighted by molar-refractivity contribution is 7.96. The summed E-state index contributed by atoms with van der Waals surface area (Å²) >= 11 is 0. The van der Waals surface area contributed by atoms with Gasteiger partial charge in [0, 0.05) is 0 Å². The Morgan fingerprint density at radius 1 is 1.24 bits per heavy atom. The molecule has 17 heavy (non-hydrogen) atoms. The van der Waals surface area contributed by atoms with E-state index in [0.29, 0.717) is 12.8 Å². The van der Waals surface area contributed by atoms with Gasteiger partial charge in [0.2, 0.25) is 0 Å².